The smallest absolute Gasteiger partial charge is 0.227 e. The van der Waals surface area contributed by atoms with Gasteiger partial charge in [-0.3, -0.25) is 4.79 Å². The molecule has 1 saturated heterocycles. The molecular formula is C26H34N2O6. The van der Waals surface area contributed by atoms with E-state index in [1.807, 2.05) is 42.5 Å². The van der Waals surface area contributed by atoms with Gasteiger partial charge in [-0.2, -0.15) is 0 Å². The lowest BCUT2D eigenvalue weighted by Gasteiger charge is -2.30. The molecule has 0 bridgehead atoms. The zero-order chi connectivity index (χ0) is 24.5. The number of rotatable bonds is 10. The lowest BCUT2D eigenvalue weighted by atomic mass is 9.95. The summed E-state index contributed by atoms with van der Waals surface area (Å²) in [6.45, 7) is 2.42. The van der Waals surface area contributed by atoms with Gasteiger partial charge in [0, 0.05) is 12.5 Å². The van der Waals surface area contributed by atoms with E-state index in [1.54, 1.807) is 28.4 Å². The number of nitrogens with one attached hydrogen (secondary N) is 1. The topological polar surface area (TPSA) is 89.5 Å². The maximum absolute atomic E-state index is 12.9. The summed E-state index contributed by atoms with van der Waals surface area (Å²) in [7, 11) is 6.32. The van der Waals surface area contributed by atoms with E-state index >= 15 is 0 Å². The van der Waals surface area contributed by atoms with Crippen molar-refractivity contribution in [1.82, 2.24) is 4.90 Å². The van der Waals surface area contributed by atoms with Crippen LogP contribution in [0.15, 0.2) is 30.3 Å². The van der Waals surface area contributed by atoms with Gasteiger partial charge in [0.05, 0.1) is 40.7 Å². The summed E-state index contributed by atoms with van der Waals surface area (Å²) < 4.78 is 21.7. The largest absolute Gasteiger partial charge is 0.495 e. The number of anilines is 1. The van der Waals surface area contributed by atoms with E-state index < -0.39 is 0 Å². The van der Waals surface area contributed by atoms with Gasteiger partial charge < -0.3 is 34.3 Å². The Labute approximate surface area is 201 Å². The normalized spacial score (nSPS) is 14.7. The zero-order valence-corrected chi connectivity index (χ0v) is 20.3. The van der Waals surface area contributed by atoms with E-state index in [2.05, 4.69) is 10.2 Å². The number of hydrogen-bond donors (Lipinski definition) is 2. The Bertz CT molecular complexity index is 974. The number of aliphatic hydroxyl groups is 1. The van der Waals surface area contributed by atoms with Crippen LogP contribution in [0.4, 0.5) is 5.69 Å². The Kier molecular flexibility index (Phi) is 9.18. The molecule has 0 unspecified atom stereocenters. The monoisotopic (exact) mass is 470 g/mol. The molecular weight excluding hydrogens is 436 g/mol. The van der Waals surface area contributed by atoms with Crippen molar-refractivity contribution in [2.75, 3.05) is 60.0 Å². The number of piperidine rings is 1. The molecule has 1 heterocycles. The van der Waals surface area contributed by atoms with Crippen LogP contribution in [0.25, 0.3) is 12.2 Å². The van der Waals surface area contributed by atoms with Crippen LogP contribution in [0.5, 0.6) is 23.0 Å². The van der Waals surface area contributed by atoms with Crippen molar-refractivity contribution in [3.8, 4) is 23.0 Å². The van der Waals surface area contributed by atoms with Crippen LogP contribution < -0.4 is 24.3 Å². The van der Waals surface area contributed by atoms with Crippen LogP contribution in [0.1, 0.15) is 24.0 Å². The molecule has 0 saturated carbocycles. The van der Waals surface area contributed by atoms with Crippen molar-refractivity contribution in [3.63, 3.8) is 0 Å². The fourth-order valence-electron chi connectivity index (χ4n) is 4.11. The maximum Gasteiger partial charge on any atom is 0.227 e. The number of ether oxygens (including phenoxy) is 4. The number of methoxy groups -OCH3 is 4. The number of aliphatic hydroxyl groups excluding tert-OH is 1. The highest BCUT2D eigenvalue weighted by Gasteiger charge is 2.25. The van der Waals surface area contributed by atoms with Crippen molar-refractivity contribution in [2.24, 2.45) is 5.92 Å². The fraction of sp³-hybridized carbons (Fsp3) is 0.423. The number of likely N-dealkylation sites (tertiary alicyclic amines) is 1. The third-order valence-corrected chi connectivity index (χ3v) is 6.01. The predicted octanol–water partition coefficient (Wildman–Crippen LogP) is 3.53. The molecule has 0 radical (unpaired) electrons. The van der Waals surface area contributed by atoms with Gasteiger partial charge in [-0.25, -0.2) is 0 Å². The van der Waals surface area contributed by atoms with Crippen molar-refractivity contribution in [2.45, 2.75) is 12.8 Å². The summed E-state index contributed by atoms with van der Waals surface area (Å²) in [5.74, 6) is 2.24. The molecule has 1 amide bonds. The first-order chi connectivity index (χ1) is 16.5. The van der Waals surface area contributed by atoms with E-state index in [-0.39, 0.29) is 18.4 Å². The van der Waals surface area contributed by atoms with Crippen molar-refractivity contribution >= 4 is 23.7 Å². The fourth-order valence-corrected chi connectivity index (χ4v) is 4.11. The molecule has 1 aliphatic heterocycles. The van der Waals surface area contributed by atoms with Gasteiger partial charge >= 0.3 is 0 Å². The van der Waals surface area contributed by atoms with Crippen molar-refractivity contribution in [1.29, 1.82) is 0 Å². The molecule has 8 nitrogen and oxygen atoms in total. The van der Waals surface area contributed by atoms with Gasteiger partial charge in [0.1, 0.15) is 5.75 Å². The first kappa shape index (κ1) is 25.4. The third kappa shape index (κ3) is 6.21. The molecule has 34 heavy (non-hydrogen) atoms. The Balaban J connectivity index is 1.75. The first-order valence-corrected chi connectivity index (χ1v) is 11.3. The molecule has 2 aromatic rings. The minimum atomic E-state index is -0.0573. The van der Waals surface area contributed by atoms with Gasteiger partial charge in [0.15, 0.2) is 11.5 Å². The maximum atomic E-state index is 12.9. The number of β-amino-alcohol motifs (C(OH)–C–C–N with tert-alkyl or cyclic N) is 1. The Morgan fingerprint density at radius 2 is 1.56 bits per heavy atom. The molecule has 0 aliphatic carbocycles. The molecule has 2 aromatic carbocycles. The average Bonchev–Trinajstić information content (AvgIpc) is 2.87. The van der Waals surface area contributed by atoms with E-state index in [1.165, 1.54) is 0 Å². The summed E-state index contributed by atoms with van der Waals surface area (Å²) in [6.07, 6.45) is 5.43. The average molecular weight is 471 g/mol. The molecule has 1 aliphatic rings. The second kappa shape index (κ2) is 12.3. The van der Waals surface area contributed by atoms with E-state index in [0.717, 1.165) is 37.1 Å². The Hall–Kier alpha value is -3.23. The second-order valence-corrected chi connectivity index (χ2v) is 8.08. The zero-order valence-electron chi connectivity index (χ0n) is 20.3. The van der Waals surface area contributed by atoms with Gasteiger partial charge in [-0.1, -0.05) is 18.2 Å². The van der Waals surface area contributed by atoms with Crippen molar-refractivity contribution < 1.29 is 28.8 Å². The molecule has 3 rings (SSSR count). The summed E-state index contributed by atoms with van der Waals surface area (Å²) in [5.41, 5.74) is 2.42. The highest BCUT2D eigenvalue weighted by molar-refractivity contribution is 5.94. The second-order valence-electron chi connectivity index (χ2n) is 8.08. The van der Waals surface area contributed by atoms with Crippen LogP contribution in [0.3, 0.4) is 0 Å². The van der Waals surface area contributed by atoms with E-state index in [4.69, 9.17) is 24.1 Å². The Morgan fingerprint density at radius 1 is 0.941 bits per heavy atom. The van der Waals surface area contributed by atoms with E-state index in [9.17, 15) is 4.79 Å². The summed E-state index contributed by atoms with van der Waals surface area (Å²) >= 11 is 0. The molecule has 0 aromatic heterocycles. The van der Waals surface area contributed by atoms with Crippen LogP contribution in [-0.4, -0.2) is 70.6 Å². The van der Waals surface area contributed by atoms with Crippen LogP contribution in [0, 0.1) is 5.92 Å². The minimum absolute atomic E-state index is 0.00675. The molecule has 0 atom stereocenters. The number of nitrogens with zero attached hydrogens (tertiary/aromatic N) is 1. The van der Waals surface area contributed by atoms with Crippen LogP contribution >= 0.6 is 0 Å². The van der Waals surface area contributed by atoms with Crippen LogP contribution in [-0.2, 0) is 4.79 Å². The standard InChI is InChI=1S/C26H34N2O6/c1-31-22-8-7-18(5-6-19-16-23(32-2)25(34-4)24(17-19)33-3)15-21(22)27-26(30)20-9-11-28(12-10-20)13-14-29/h5-8,15-17,20,29H,9-14H2,1-4H3,(H,27,30)/b6-5-. The lowest BCUT2D eigenvalue weighted by molar-refractivity contribution is -0.121. The molecule has 0 spiro atoms. The number of benzene rings is 2. The van der Waals surface area contributed by atoms with Crippen molar-refractivity contribution in [3.05, 3.63) is 41.5 Å². The SMILES string of the molecule is COc1ccc(/C=C\c2cc(OC)c(OC)c(OC)c2)cc1NC(=O)C1CCN(CCO)CC1. The molecule has 1 fully saturated rings. The number of carbonyl (C=O) groups is 1. The van der Waals surface area contributed by atoms with Gasteiger partial charge in [-0.15, -0.1) is 0 Å². The van der Waals surface area contributed by atoms with Gasteiger partial charge in [-0.05, 0) is 61.3 Å². The molecule has 2 N–H and O–H groups in total. The van der Waals surface area contributed by atoms with Crippen LogP contribution in [0.2, 0.25) is 0 Å². The number of hydrogen-bond acceptors (Lipinski definition) is 7. The highest BCUT2D eigenvalue weighted by atomic mass is 16.5. The summed E-state index contributed by atoms with van der Waals surface area (Å²) in [5, 5.41) is 12.2. The first-order valence-electron chi connectivity index (χ1n) is 11.3. The summed E-state index contributed by atoms with van der Waals surface area (Å²) in [6, 6.07) is 9.40. The number of amides is 1. The van der Waals surface area contributed by atoms with E-state index in [0.29, 0.717) is 35.2 Å². The third-order valence-electron chi connectivity index (χ3n) is 6.01. The van der Waals surface area contributed by atoms with Gasteiger partial charge in [0.25, 0.3) is 0 Å². The lowest BCUT2D eigenvalue weighted by Crippen LogP contribution is -2.39. The number of carbonyl (C=O) groups excluding carboxylic acids is 1. The summed E-state index contributed by atoms with van der Waals surface area (Å²) in [4.78, 5) is 15.1. The quantitative estimate of drug-likeness (QED) is 0.514. The predicted molar refractivity (Wildman–Crippen MR) is 133 cm³/mol. The molecule has 8 heteroatoms. The van der Waals surface area contributed by atoms with Gasteiger partial charge in [0.2, 0.25) is 11.7 Å². The Morgan fingerprint density at radius 3 is 2.12 bits per heavy atom. The highest BCUT2D eigenvalue weighted by Crippen LogP contribution is 2.38. The minimum Gasteiger partial charge on any atom is -0.495 e. The molecule has 184 valence electrons.